The molecule has 3 nitrogen and oxygen atoms in total. The summed E-state index contributed by atoms with van der Waals surface area (Å²) in [6, 6.07) is 59.1. The molecule has 0 aliphatic rings. The minimum absolute atomic E-state index is 0.00106. The number of nitrogens with zero attached hydrogens (tertiary/aromatic N) is 3. The van der Waals surface area contributed by atoms with E-state index in [9.17, 15) is 0 Å². The maximum atomic E-state index is 5.25. The Bertz CT molecular complexity index is 2800. The van der Waals surface area contributed by atoms with E-state index in [2.05, 4.69) is 200 Å². The SMILES string of the molecule is BC(B)(B)C(B)(B)c1nc2ccccc2n1-c1cccc(-c2cccc(-c3c4ccccc4c(-c4cccc(-c5ccccn5)c4)c4ccccc34)c2)c1. The Morgan fingerprint density at radius 1 is 0.444 bits per heavy atom. The monoisotopic (exact) mass is 687 g/mol. The zero-order chi connectivity index (χ0) is 37.0. The third-order valence-electron chi connectivity index (χ3n) is 11.6. The first-order valence-corrected chi connectivity index (χ1v) is 18.8. The summed E-state index contributed by atoms with van der Waals surface area (Å²) >= 11 is 0. The summed E-state index contributed by atoms with van der Waals surface area (Å²) < 4.78 is 2.37. The van der Waals surface area contributed by atoms with E-state index in [1.165, 1.54) is 54.9 Å². The van der Waals surface area contributed by atoms with Gasteiger partial charge in [-0.2, -0.15) is 0 Å². The largest absolute Gasteiger partial charge is 0.297 e. The average molecular weight is 687 g/mol. The van der Waals surface area contributed by atoms with Crippen LogP contribution in [0.3, 0.4) is 0 Å². The van der Waals surface area contributed by atoms with Gasteiger partial charge in [0.2, 0.25) is 0 Å². The minimum Gasteiger partial charge on any atom is -0.297 e. The summed E-state index contributed by atoms with van der Waals surface area (Å²) in [5.41, 5.74) is 12.6. The van der Waals surface area contributed by atoms with Crippen molar-refractivity contribution in [2.24, 2.45) is 0 Å². The van der Waals surface area contributed by atoms with E-state index in [4.69, 9.17) is 4.98 Å². The average Bonchev–Trinajstić information content (AvgIpc) is 3.61. The Hall–Kier alpha value is -6.00. The fraction of sp³-hybridized carbons (Fsp3) is 0.0435. The van der Waals surface area contributed by atoms with Crippen LogP contribution in [-0.2, 0) is 5.21 Å². The van der Waals surface area contributed by atoms with Crippen molar-refractivity contribution in [1.29, 1.82) is 0 Å². The quantitative estimate of drug-likeness (QED) is 0.137. The minimum atomic E-state index is -0.185. The number of aromatic nitrogens is 3. The molecular formula is C46H38B5N3. The molecule has 2 aromatic heterocycles. The van der Waals surface area contributed by atoms with Gasteiger partial charge in [-0.25, -0.2) is 4.98 Å². The molecule has 0 N–H and O–H groups in total. The summed E-state index contributed by atoms with van der Waals surface area (Å²) in [6.07, 6.45) is 1.86. The summed E-state index contributed by atoms with van der Waals surface area (Å²) in [5.74, 6) is 1.07. The molecule has 0 saturated heterocycles. The molecular weight excluding hydrogens is 649 g/mol. The van der Waals surface area contributed by atoms with Gasteiger partial charge in [-0.05, 0) is 109 Å². The molecule has 2 heterocycles. The first kappa shape index (κ1) is 33.8. The molecule has 0 bridgehead atoms. The third kappa shape index (κ3) is 5.69. The maximum absolute atomic E-state index is 5.25. The fourth-order valence-corrected chi connectivity index (χ4v) is 7.84. The molecule has 0 amide bonds. The Morgan fingerprint density at radius 2 is 0.944 bits per heavy atom. The van der Waals surface area contributed by atoms with E-state index < -0.39 is 0 Å². The van der Waals surface area contributed by atoms with Crippen LogP contribution in [0.15, 0.2) is 170 Å². The van der Waals surface area contributed by atoms with Gasteiger partial charge in [0.1, 0.15) is 21.5 Å². The van der Waals surface area contributed by atoms with Crippen LogP contribution in [0.5, 0.6) is 0 Å². The van der Waals surface area contributed by atoms with Crippen LogP contribution in [0.25, 0.3) is 82.9 Å². The fourth-order valence-electron chi connectivity index (χ4n) is 7.84. The number of pyridine rings is 1. The van der Waals surface area contributed by atoms with Crippen molar-refractivity contribution in [2.75, 3.05) is 0 Å². The highest BCUT2D eigenvalue weighted by Crippen LogP contribution is 2.45. The summed E-state index contributed by atoms with van der Waals surface area (Å²) in [6.45, 7) is 0. The molecule has 0 fully saturated rings. The van der Waals surface area contributed by atoms with Crippen molar-refractivity contribution >= 4 is 71.8 Å². The highest BCUT2D eigenvalue weighted by Gasteiger charge is 2.38. The second-order valence-corrected chi connectivity index (χ2v) is 15.9. The Labute approximate surface area is 321 Å². The van der Waals surface area contributed by atoms with Gasteiger partial charge < -0.3 is 0 Å². The molecule has 9 rings (SSSR count). The number of fused-ring (bicyclic) bond motifs is 3. The van der Waals surface area contributed by atoms with Crippen LogP contribution < -0.4 is 0 Å². The van der Waals surface area contributed by atoms with Crippen LogP contribution in [0.4, 0.5) is 0 Å². The molecule has 7 aromatic carbocycles. The van der Waals surface area contributed by atoms with Crippen LogP contribution in [0, 0.1) is 0 Å². The predicted molar refractivity (Wildman–Crippen MR) is 243 cm³/mol. The second kappa shape index (κ2) is 13.1. The van der Waals surface area contributed by atoms with Crippen LogP contribution >= 0.6 is 0 Å². The summed E-state index contributed by atoms with van der Waals surface area (Å²) in [5, 5.41) is 4.76. The van der Waals surface area contributed by atoms with Crippen LogP contribution in [0.2, 0.25) is 5.11 Å². The topological polar surface area (TPSA) is 30.7 Å². The molecule has 252 valence electrons. The lowest BCUT2D eigenvalue weighted by Gasteiger charge is -2.39. The molecule has 0 atom stereocenters. The van der Waals surface area contributed by atoms with Gasteiger partial charge in [0.25, 0.3) is 0 Å². The van der Waals surface area contributed by atoms with Gasteiger partial charge >= 0.3 is 0 Å². The first-order chi connectivity index (χ1) is 26.2. The highest BCUT2D eigenvalue weighted by molar-refractivity contribution is 6.67. The van der Waals surface area contributed by atoms with Crippen molar-refractivity contribution < 1.29 is 0 Å². The van der Waals surface area contributed by atoms with E-state index in [1.54, 1.807) is 0 Å². The smallest absolute Gasteiger partial charge is 0.106 e. The number of para-hydroxylation sites is 2. The van der Waals surface area contributed by atoms with Crippen molar-refractivity contribution in [3.8, 4) is 50.3 Å². The number of rotatable bonds is 7. The van der Waals surface area contributed by atoms with E-state index in [0.717, 1.165) is 33.8 Å². The molecule has 54 heavy (non-hydrogen) atoms. The van der Waals surface area contributed by atoms with Gasteiger partial charge in [-0.15, -0.1) is 5.11 Å². The van der Waals surface area contributed by atoms with Gasteiger partial charge in [-0.1, -0.05) is 115 Å². The third-order valence-corrected chi connectivity index (χ3v) is 11.6. The van der Waals surface area contributed by atoms with Crippen molar-refractivity contribution in [3.05, 3.63) is 176 Å². The molecule has 0 aliphatic heterocycles. The van der Waals surface area contributed by atoms with Gasteiger partial charge in [-0.3, -0.25) is 9.55 Å². The zero-order valence-electron chi connectivity index (χ0n) is 31.5. The molecule has 0 spiro atoms. The van der Waals surface area contributed by atoms with Gasteiger partial charge in [0, 0.05) is 17.4 Å². The molecule has 0 unspecified atom stereocenters. The van der Waals surface area contributed by atoms with E-state index in [1.807, 2.05) is 18.3 Å². The lowest BCUT2D eigenvalue weighted by atomic mass is 9.23. The number of hydrogen-bond donors (Lipinski definition) is 0. The van der Waals surface area contributed by atoms with Crippen LogP contribution in [0.1, 0.15) is 5.82 Å². The molecule has 0 aliphatic carbocycles. The Kier molecular flexibility index (Phi) is 8.23. The van der Waals surface area contributed by atoms with Crippen LogP contribution in [-0.4, -0.2) is 53.8 Å². The van der Waals surface area contributed by atoms with E-state index in [0.29, 0.717) is 0 Å². The number of hydrogen-bond acceptors (Lipinski definition) is 2. The lowest BCUT2D eigenvalue weighted by molar-refractivity contribution is 0.757. The van der Waals surface area contributed by atoms with Gasteiger partial charge in [0.15, 0.2) is 0 Å². The normalized spacial score (nSPS) is 12.1. The zero-order valence-corrected chi connectivity index (χ0v) is 31.5. The van der Waals surface area contributed by atoms with Crippen molar-refractivity contribution in [3.63, 3.8) is 0 Å². The Morgan fingerprint density at radius 3 is 1.54 bits per heavy atom. The highest BCUT2D eigenvalue weighted by atomic mass is 15.1. The number of imidazole rings is 1. The predicted octanol–water partition coefficient (Wildman–Crippen LogP) is 6.79. The van der Waals surface area contributed by atoms with Gasteiger partial charge in [0.05, 0.1) is 40.3 Å². The molecule has 9 aromatic rings. The first-order valence-electron chi connectivity index (χ1n) is 18.8. The second-order valence-electron chi connectivity index (χ2n) is 15.9. The maximum Gasteiger partial charge on any atom is 0.106 e. The molecule has 0 saturated carbocycles. The lowest BCUT2D eigenvalue weighted by Crippen LogP contribution is -2.45. The van der Waals surface area contributed by atoms with Crippen molar-refractivity contribution in [2.45, 2.75) is 10.3 Å². The Balaban J connectivity index is 1.21. The standard InChI is InChI=1S/C46H38B5N3/c47-45(48,46(49,50)51)44-53-40-23-5-6-24-41(40)54(44)34-17-11-13-30(28-34)29-12-9-15-32(26-29)42-35-18-1-3-20-37(35)43(38-21-4-2-19-36(38)42)33-16-10-14-31(27-33)39-22-7-8-25-52-39/h1-28H,47-51H2. The van der Waals surface area contributed by atoms with E-state index >= 15 is 0 Å². The molecule has 0 radical (unpaired) electrons. The summed E-state index contributed by atoms with van der Waals surface area (Å²) in [4.78, 5) is 9.90. The van der Waals surface area contributed by atoms with E-state index in [-0.39, 0.29) is 10.3 Å². The van der Waals surface area contributed by atoms with Crippen molar-refractivity contribution in [1.82, 2.24) is 14.5 Å². The molecule has 8 heteroatoms. The number of benzene rings is 7. The summed E-state index contributed by atoms with van der Waals surface area (Å²) in [7, 11) is 11.5.